The van der Waals surface area contributed by atoms with Crippen molar-refractivity contribution < 1.29 is 13.2 Å². The maximum Gasteiger partial charge on any atom is 0.409 e. The summed E-state index contributed by atoms with van der Waals surface area (Å²) in [4.78, 5) is 37.3. The van der Waals surface area contributed by atoms with Crippen LogP contribution in [0.25, 0.3) is 27.9 Å². The molecule has 0 radical (unpaired) electrons. The van der Waals surface area contributed by atoms with Gasteiger partial charge in [0.15, 0.2) is 5.65 Å². The van der Waals surface area contributed by atoms with E-state index in [0.717, 1.165) is 17.5 Å². The summed E-state index contributed by atoms with van der Waals surface area (Å²) in [5.41, 5.74) is 2.99. The highest BCUT2D eigenvalue weighted by molar-refractivity contribution is 5.78. The van der Waals surface area contributed by atoms with E-state index in [1.165, 1.54) is 10.8 Å². The van der Waals surface area contributed by atoms with Crippen LogP contribution in [0.1, 0.15) is 47.7 Å². The highest BCUT2D eigenvalue weighted by Gasteiger charge is 2.46. The normalized spacial score (nSPS) is 21.4. The first kappa shape index (κ1) is 21.1. The van der Waals surface area contributed by atoms with E-state index in [-0.39, 0.29) is 23.8 Å². The number of hydrogen-bond donors (Lipinski definition) is 2. The molecule has 1 fully saturated rings. The predicted molar refractivity (Wildman–Crippen MR) is 123 cm³/mol. The van der Waals surface area contributed by atoms with Gasteiger partial charge in [0.2, 0.25) is 0 Å². The molecule has 36 heavy (non-hydrogen) atoms. The molecule has 1 unspecified atom stereocenters. The molecule has 1 aliphatic carbocycles. The van der Waals surface area contributed by atoms with Crippen LogP contribution in [0.4, 0.5) is 13.2 Å². The minimum Gasteiger partial charge on any atom is -0.316 e. The largest absolute Gasteiger partial charge is 0.409 e. The molecule has 2 N–H and O–H groups in total. The summed E-state index contributed by atoms with van der Waals surface area (Å²) in [7, 11) is 0. The van der Waals surface area contributed by atoms with E-state index in [4.69, 9.17) is 0 Å². The Morgan fingerprint density at radius 3 is 2.78 bits per heavy atom. The third-order valence-corrected chi connectivity index (χ3v) is 7.22. The fraction of sp³-hybridized carbons (Fsp3) is 0.292. The van der Waals surface area contributed by atoms with Gasteiger partial charge < -0.3 is 9.55 Å². The van der Waals surface area contributed by atoms with Crippen molar-refractivity contribution in [2.75, 3.05) is 0 Å². The van der Waals surface area contributed by atoms with Gasteiger partial charge in [-0.1, -0.05) is 6.07 Å². The lowest BCUT2D eigenvalue weighted by Crippen LogP contribution is -2.23. The number of aryl methyl sites for hydroxylation is 1. The zero-order valence-corrected chi connectivity index (χ0v) is 18.6. The van der Waals surface area contributed by atoms with Crippen LogP contribution in [0.15, 0.2) is 52.4 Å². The Bertz CT molecular complexity index is 1800. The lowest BCUT2D eigenvalue weighted by Gasteiger charge is -2.18. The van der Waals surface area contributed by atoms with Gasteiger partial charge >= 0.3 is 11.9 Å². The molecule has 7 rings (SSSR count). The standard InChI is InChI=1S/C24H18F3N7O2/c25-24(26,27)19-3-4-20-30-16-2-1-11(7-18(16)34(19)20)12-8-13(12)14-9-17(32-33-6-5-28-21(14)33)15-10-29-23(36)31-22(15)35/h1-2,5-7,9-10,12-13,19H,3-4,8H2,(H2,29,31,35,36)/t12-,13?,19-/m1/s1. The number of hydrogen-bond acceptors (Lipinski definition) is 5. The third kappa shape index (κ3) is 3.13. The van der Waals surface area contributed by atoms with Crippen molar-refractivity contribution >= 4 is 16.7 Å². The van der Waals surface area contributed by atoms with Crippen LogP contribution in [0.3, 0.4) is 0 Å². The first-order valence-corrected chi connectivity index (χ1v) is 11.5. The zero-order valence-electron chi connectivity index (χ0n) is 18.6. The van der Waals surface area contributed by atoms with Gasteiger partial charge in [-0.25, -0.2) is 19.3 Å². The van der Waals surface area contributed by atoms with E-state index in [1.54, 1.807) is 29.0 Å². The Morgan fingerprint density at radius 2 is 1.97 bits per heavy atom. The van der Waals surface area contributed by atoms with Gasteiger partial charge in [0.05, 0.1) is 22.3 Å². The van der Waals surface area contributed by atoms with Crippen molar-refractivity contribution in [2.24, 2.45) is 0 Å². The Hall–Kier alpha value is -4.22. The average Bonchev–Trinajstić information content (AvgIpc) is 3.14. The van der Waals surface area contributed by atoms with Gasteiger partial charge in [-0.2, -0.15) is 18.3 Å². The van der Waals surface area contributed by atoms with Crippen LogP contribution >= 0.6 is 0 Å². The third-order valence-electron chi connectivity index (χ3n) is 7.22. The van der Waals surface area contributed by atoms with Crippen molar-refractivity contribution in [1.82, 2.24) is 34.1 Å². The lowest BCUT2D eigenvalue weighted by molar-refractivity contribution is -0.164. The molecular formula is C24H18F3N7O2. The van der Waals surface area contributed by atoms with E-state index in [1.807, 2.05) is 12.1 Å². The molecule has 2 aliphatic rings. The molecule has 0 spiro atoms. The van der Waals surface area contributed by atoms with E-state index in [2.05, 4.69) is 25.0 Å². The van der Waals surface area contributed by atoms with Crippen molar-refractivity contribution in [2.45, 2.75) is 43.3 Å². The zero-order chi connectivity index (χ0) is 24.8. The molecule has 1 aliphatic heterocycles. The van der Waals surface area contributed by atoms with Crippen LogP contribution in [0.2, 0.25) is 0 Å². The van der Waals surface area contributed by atoms with Crippen molar-refractivity contribution in [1.29, 1.82) is 0 Å². The Kier molecular flexibility index (Phi) is 4.19. The summed E-state index contributed by atoms with van der Waals surface area (Å²) >= 11 is 0. The number of nitrogens with one attached hydrogen (secondary N) is 2. The summed E-state index contributed by atoms with van der Waals surface area (Å²) in [6, 6.07) is 5.80. The van der Waals surface area contributed by atoms with Gasteiger partial charge in [-0.3, -0.25) is 9.78 Å². The maximum atomic E-state index is 13.6. The SMILES string of the molecule is O=c1[nH]cc(-c2cc(C3C[C@@H]3c3ccc4nc5n(c4c3)[C@@H](C(F)(F)F)CC5)c3nccn3n2)c(=O)[nH]1. The van der Waals surface area contributed by atoms with E-state index >= 15 is 0 Å². The minimum absolute atomic E-state index is 0.0135. The van der Waals surface area contributed by atoms with Gasteiger partial charge in [-0.05, 0) is 48.4 Å². The molecule has 0 amide bonds. The fourth-order valence-electron chi connectivity index (χ4n) is 5.47. The number of rotatable bonds is 3. The first-order valence-electron chi connectivity index (χ1n) is 11.5. The van der Waals surface area contributed by atoms with E-state index in [9.17, 15) is 22.8 Å². The van der Waals surface area contributed by atoms with Gasteiger partial charge in [0, 0.05) is 30.6 Å². The second-order valence-electron chi connectivity index (χ2n) is 9.36. The Morgan fingerprint density at radius 1 is 1.11 bits per heavy atom. The Balaban J connectivity index is 1.29. The quantitative estimate of drug-likeness (QED) is 0.400. The highest BCUT2D eigenvalue weighted by Crippen LogP contribution is 2.56. The maximum absolute atomic E-state index is 13.6. The molecule has 5 heterocycles. The molecular weight excluding hydrogens is 475 g/mol. The van der Waals surface area contributed by atoms with Crippen LogP contribution in [0.5, 0.6) is 0 Å². The second-order valence-corrected chi connectivity index (χ2v) is 9.36. The molecule has 12 heteroatoms. The summed E-state index contributed by atoms with van der Waals surface area (Å²) in [6.07, 6.45) is 1.40. The number of alkyl halides is 3. The molecule has 0 bridgehead atoms. The Labute approximate surface area is 199 Å². The monoisotopic (exact) mass is 493 g/mol. The lowest BCUT2D eigenvalue weighted by atomic mass is 10.0. The molecule has 4 aromatic heterocycles. The number of H-pyrrole nitrogens is 2. The molecule has 3 atom stereocenters. The molecule has 0 saturated heterocycles. The number of aromatic nitrogens is 7. The second kappa shape index (κ2) is 7.15. The van der Waals surface area contributed by atoms with Gasteiger partial charge in [-0.15, -0.1) is 0 Å². The molecule has 182 valence electrons. The summed E-state index contributed by atoms with van der Waals surface area (Å²) in [5, 5.41) is 4.46. The molecule has 9 nitrogen and oxygen atoms in total. The number of halogens is 3. The average molecular weight is 493 g/mol. The van der Waals surface area contributed by atoms with Gasteiger partial charge in [0.1, 0.15) is 11.9 Å². The number of aromatic amines is 2. The fourth-order valence-corrected chi connectivity index (χ4v) is 5.47. The van der Waals surface area contributed by atoms with Crippen molar-refractivity contribution in [3.8, 4) is 11.3 Å². The van der Waals surface area contributed by atoms with Crippen LogP contribution < -0.4 is 11.2 Å². The topological polar surface area (TPSA) is 114 Å². The molecule has 1 saturated carbocycles. The summed E-state index contributed by atoms with van der Waals surface area (Å²) in [5.74, 6) is 0.604. The predicted octanol–water partition coefficient (Wildman–Crippen LogP) is 3.44. The first-order chi connectivity index (χ1) is 17.3. The van der Waals surface area contributed by atoms with Crippen molar-refractivity contribution in [3.05, 3.63) is 80.6 Å². The molecule has 5 aromatic rings. The highest BCUT2D eigenvalue weighted by atomic mass is 19.4. The van der Waals surface area contributed by atoms with Crippen molar-refractivity contribution in [3.63, 3.8) is 0 Å². The number of imidazole rings is 2. The summed E-state index contributed by atoms with van der Waals surface area (Å²) < 4.78 is 43.8. The van der Waals surface area contributed by atoms with Gasteiger partial charge in [0.25, 0.3) is 5.56 Å². The van der Waals surface area contributed by atoms with E-state index in [0.29, 0.717) is 34.6 Å². The number of fused-ring (bicyclic) bond motifs is 4. The van der Waals surface area contributed by atoms with Crippen LogP contribution in [-0.2, 0) is 6.42 Å². The summed E-state index contributed by atoms with van der Waals surface area (Å²) in [6.45, 7) is 0. The smallest absolute Gasteiger partial charge is 0.316 e. The number of nitrogens with zero attached hydrogens (tertiary/aromatic N) is 5. The number of benzene rings is 1. The van der Waals surface area contributed by atoms with E-state index < -0.39 is 23.5 Å². The van der Waals surface area contributed by atoms with Crippen LogP contribution in [0, 0.1) is 0 Å². The minimum atomic E-state index is -4.32. The van der Waals surface area contributed by atoms with Crippen LogP contribution in [-0.4, -0.2) is 40.3 Å². The molecule has 1 aromatic carbocycles.